The molecule has 1 rings (SSSR count). The minimum Gasteiger partial charge on any atom is -0.481 e. The highest BCUT2D eigenvalue weighted by Crippen LogP contribution is 2.12. The molecule has 1 amide bonds. The van der Waals surface area contributed by atoms with Crippen molar-refractivity contribution in [3.8, 4) is 0 Å². The molecule has 7 heteroatoms. The summed E-state index contributed by atoms with van der Waals surface area (Å²) in [6.07, 6.45) is 1.53. The summed E-state index contributed by atoms with van der Waals surface area (Å²) < 4.78 is 31.4. The van der Waals surface area contributed by atoms with E-state index in [0.29, 0.717) is 12.2 Å². The maximum absolute atomic E-state index is 13.2. The summed E-state index contributed by atoms with van der Waals surface area (Å²) in [5, 5.41) is 8.76. The number of aliphatic carboxylic acids is 1. The Morgan fingerprint density at radius 3 is 2.61 bits per heavy atom. The summed E-state index contributed by atoms with van der Waals surface area (Å²) in [7, 11) is 0. The van der Waals surface area contributed by atoms with Crippen molar-refractivity contribution >= 4 is 11.9 Å². The highest BCUT2D eigenvalue weighted by Gasteiger charge is 2.16. The van der Waals surface area contributed by atoms with Gasteiger partial charge in [-0.05, 0) is 24.1 Å². The van der Waals surface area contributed by atoms with E-state index in [-0.39, 0.29) is 32.0 Å². The number of rotatable bonds is 10. The Morgan fingerprint density at radius 1 is 1.26 bits per heavy atom. The number of nitrogens with zero attached hydrogens (tertiary/aromatic N) is 1. The second-order valence-corrected chi connectivity index (χ2v) is 5.11. The standard InChI is InChI=1S/C16H21F2NO4/c1-2-3-8-23-11-15(20)19(7-6-16(21)22)10-12-4-5-13(17)14(18)9-12/h4-5,9H,2-3,6-8,10-11H2,1H3,(H,21,22). The third-order valence-corrected chi connectivity index (χ3v) is 3.17. The third kappa shape index (κ3) is 7.19. The van der Waals surface area contributed by atoms with Gasteiger partial charge in [0.2, 0.25) is 5.91 Å². The number of carbonyl (C=O) groups is 2. The number of ether oxygens (including phenoxy) is 1. The first-order valence-corrected chi connectivity index (χ1v) is 7.45. The zero-order chi connectivity index (χ0) is 17.2. The number of unbranched alkanes of at least 4 members (excludes halogenated alkanes) is 1. The number of hydrogen-bond acceptors (Lipinski definition) is 3. The van der Waals surface area contributed by atoms with Crippen molar-refractivity contribution in [2.75, 3.05) is 19.8 Å². The second-order valence-electron chi connectivity index (χ2n) is 5.11. The van der Waals surface area contributed by atoms with Crippen molar-refractivity contribution in [2.24, 2.45) is 0 Å². The fraction of sp³-hybridized carbons (Fsp3) is 0.500. The number of carboxylic acids is 1. The van der Waals surface area contributed by atoms with E-state index in [1.807, 2.05) is 6.92 Å². The van der Waals surface area contributed by atoms with Crippen LogP contribution in [0.3, 0.4) is 0 Å². The highest BCUT2D eigenvalue weighted by atomic mass is 19.2. The molecule has 0 spiro atoms. The number of hydrogen-bond donors (Lipinski definition) is 1. The highest BCUT2D eigenvalue weighted by molar-refractivity contribution is 5.78. The van der Waals surface area contributed by atoms with Gasteiger partial charge in [0.1, 0.15) is 6.61 Å². The zero-order valence-electron chi connectivity index (χ0n) is 13.1. The van der Waals surface area contributed by atoms with Crippen LogP contribution >= 0.6 is 0 Å². The van der Waals surface area contributed by atoms with E-state index >= 15 is 0 Å². The molecule has 128 valence electrons. The van der Waals surface area contributed by atoms with Crippen LogP contribution in [0, 0.1) is 11.6 Å². The van der Waals surface area contributed by atoms with Gasteiger partial charge in [-0.2, -0.15) is 0 Å². The summed E-state index contributed by atoms with van der Waals surface area (Å²) in [5.74, 6) is -3.40. The van der Waals surface area contributed by atoms with E-state index in [0.717, 1.165) is 25.0 Å². The SMILES string of the molecule is CCCCOCC(=O)N(CCC(=O)O)Cc1ccc(F)c(F)c1. The lowest BCUT2D eigenvalue weighted by molar-refractivity contribution is -0.140. The van der Waals surface area contributed by atoms with Gasteiger partial charge in [0, 0.05) is 19.7 Å². The Bertz CT molecular complexity index is 537. The summed E-state index contributed by atoms with van der Waals surface area (Å²) >= 11 is 0. The van der Waals surface area contributed by atoms with E-state index in [4.69, 9.17) is 9.84 Å². The van der Waals surface area contributed by atoms with Gasteiger partial charge in [-0.3, -0.25) is 9.59 Å². The quantitative estimate of drug-likeness (QED) is 0.670. The summed E-state index contributed by atoms with van der Waals surface area (Å²) in [6.45, 7) is 2.25. The Labute approximate surface area is 133 Å². The van der Waals surface area contributed by atoms with Crippen molar-refractivity contribution in [1.82, 2.24) is 4.90 Å². The number of benzene rings is 1. The van der Waals surface area contributed by atoms with Gasteiger partial charge in [0.25, 0.3) is 0 Å². The van der Waals surface area contributed by atoms with Gasteiger partial charge in [0.05, 0.1) is 6.42 Å². The molecule has 1 N–H and O–H groups in total. The van der Waals surface area contributed by atoms with E-state index < -0.39 is 17.6 Å². The molecule has 0 unspecified atom stereocenters. The zero-order valence-corrected chi connectivity index (χ0v) is 13.1. The van der Waals surface area contributed by atoms with Crippen LogP contribution in [0.15, 0.2) is 18.2 Å². The van der Waals surface area contributed by atoms with Crippen molar-refractivity contribution in [2.45, 2.75) is 32.7 Å². The van der Waals surface area contributed by atoms with Crippen LogP contribution in [0.1, 0.15) is 31.7 Å². The summed E-state index contributed by atoms with van der Waals surface area (Å²) in [6, 6.07) is 3.33. The van der Waals surface area contributed by atoms with E-state index in [1.54, 1.807) is 0 Å². The summed E-state index contributed by atoms with van der Waals surface area (Å²) in [5.41, 5.74) is 0.385. The largest absolute Gasteiger partial charge is 0.481 e. The lowest BCUT2D eigenvalue weighted by Crippen LogP contribution is -2.35. The van der Waals surface area contributed by atoms with Gasteiger partial charge in [-0.1, -0.05) is 19.4 Å². The van der Waals surface area contributed by atoms with E-state index in [1.165, 1.54) is 11.0 Å². The Morgan fingerprint density at radius 2 is 2.00 bits per heavy atom. The average molecular weight is 329 g/mol. The van der Waals surface area contributed by atoms with Crippen LogP contribution in [0.25, 0.3) is 0 Å². The van der Waals surface area contributed by atoms with E-state index in [9.17, 15) is 18.4 Å². The monoisotopic (exact) mass is 329 g/mol. The molecule has 0 heterocycles. The molecule has 0 atom stereocenters. The van der Waals surface area contributed by atoms with Gasteiger partial charge in [-0.15, -0.1) is 0 Å². The van der Waals surface area contributed by atoms with Crippen LogP contribution in [0.5, 0.6) is 0 Å². The molecule has 0 saturated heterocycles. The van der Waals surface area contributed by atoms with Crippen molar-refractivity contribution in [3.05, 3.63) is 35.4 Å². The van der Waals surface area contributed by atoms with Gasteiger partial charge in [-0.25, -0.2) is 8.78 Å². The predicted octanol–water partition coefficient (Wildman–Crippen LogP) is 2.58. The lowest BCUT2D eigenvalue weighted by Gasteiger charge is -2.22. The predicted molar refractivity (Wildman–Crippen MR) is 79.8 cm³/mol. The molecule has 1 aromatic carbocycles. The van der Waals surface area contributed by atoms with Crippen LogP contribution in [-0.4, -0.2) is 41.6 Å². The minimum atomic E-state index is -1.04. The van der Waals surface area contributed by atoms with Crippen molar-refractivity contribution in [1.29, 1.82) is 0 Å². The summed E-state index contributed by atoms with van der Waals surface area (Å²) in [4.78, 5) is 24.1. The number of carboxylic acid groups (broad SMARTS) is 1. The molecular formula is C16H21F2NO4. The maximum atomic E-state index is 13.2. The van der Waals surface area contributed by atoms with Crippen LogP contribution < -0.4 is 0 Å². The third-order valence-electron chi connectivity index (χ3n) is 3.17. The molecule has 23 heavy (non-hydrogen) atoms. The van der Waals surface area contributed by atoms with Gasteiger partial charge < -0.3 is 14.7 Å². The molecule has 0 radical (unpaired) electrons. The maximum Gasteiger partial charge on any atom is 0.305 e. The molecule has 0 saturated carbocycles. The Hall–Kier alpha value is -2.02. The fourth-order valence-electron chi connectivity index (χ4n) is 1.88. The molecular weight excluding hydrogens is 308 g/mol. The normalized spacial score (nSPS) is 10.6. The molecule has 0 aromatic heterocycles. The Kier molecular flexibility index (Phi) is 8.18. The smallest absolute Gasteiger partial charge is 0.305 e. The minimum absolute atomic E-state index is 0.000448. The molecule has 0 bridgehead atoms. The second kappa shape index (κ2) is 9.89. The van der Waals surface area contributed by atoms with Crippen LogP contribution in [-0.2, 0) is 20.9 Å². The number of carbonyl (C=O) groups excluding carboxylic acids is 1. The van der Waals surface area contributed by atoms with Crippen molar-refractivity contribution < 1.29 is 28.2 Å². The average Bonchev–Trinajstić information content (AvgIpc) is 2.51. The molecule has 5 nitrogen and oxygen atoms in total. The molecule has 0 aliphatic rings. The van der Waals surface area contributed by atoms with Crippen LogP contribution in [0.4, 0.5) is 8.78 Å². The first-order chi connectivity index (χ1) is 10.9. The first-order valence-electron chi connectivity index (χ1n) is 7.45. The fourth-order valence-corrected chi connectivity index (χ4v) is 1.88. The molecule has 1 aromatic rings. The molecule has 0 aliphatic heterocycles. The number of halogens is 2. The topological polar surface area (TPSA) is 66.8 Å². The first kappa shape index (κ1) is 19.0. The molecule has 0 fully saturated rings. The molecule has 0 aliphatic carbocycles. The van der Waals surface area contributed by atoms with Crippen molar-refractivity contribution in [3.63, 3.8) is 0 Å². The Balaban J connectivity index is 2.68. The lowest BCUT2D eigenvalue weighted by atomic mass is 10.2. The number of amides is 1. The van der Waals surface area contributed by atoms with Crippen LogP contribution in [0.2, 0.25) is 0 Å². The van der Waals surface area contributed by atoms with E-state index in [2.05, 4.69) is 0 Å². The van der Waals surface area contributed by atoms with Gasteiger partial charge in [0.15, 0.2) is 11.6 Å². The van der Waals surface area contributed by atoms with Gasteiger partial charge >= 0.3 is 5.97 Å².